The molecular weight excluding hydrogens is 288 g/mol. The smallest absolute Gasteiger partial charge is 0.237 e. The quantitative estimate of drug-likeness (QED) is 0.785. The molecule has 1 aliphatic rings. The van der Waals surface area contributed by atoms with Crippen LogP contribution in [0.2, 0.25) is 0 Å². The van der Waals surface area contributed by atoms with Gasteiger partial charge in [0.05, 0.1) is 12.7 Å². The number of nitrogens with zero attached hydrogens (tertiary/aromatic N) is 3. The molecule has 0 bridgehead atoms. The minimum Gasteiger partial charge on any atom is -0.493 e. The van der Waals surface area contributed by atoms with Crippen molar-refractivity contribution in [1.29, 1.82) is 0 Å². The maximum Gasteiger partial charge on any atom is 0.237 e. The molecule has 1 N–H and O–H groups in total. The average molecular weight is 298 g/mol. The van der Waals surface area contributed by atoms with Crippen LogP contribution in [0, 0.1) is 0 Å². The second-order valence-corrected chi connectivity index (χ2v) is 4.50. The molecule has 0 aliphatic carbocycles. The number of hydrogen-bond donors (Lipinski definition) is 1. The van der Waals surface area contributed by atoms with E-state index in [-0.39, 0.29) is 0 Å². The van der Waals surface area contributed by atoms with Gasteiger partial charge in [0.1, 0.15) is 18.3 Å². The van der Waals surface area contributed by atoms with E-state index in [1.165, 1.54) is 6.33 Å². The molecule has 3 heterocycles. The third kappa shape index (κ3) is 1.93. The summed E-state index contributed by atoms with van der Waals surface area (Å²) in [6.07, 6.45) is 6.39. The first-order valence-corrected chi connectivity index (χ1v) is 6.37. The Morgan fingerprint density at radius 3 is 2.77 bits per heavy atom. The molecule has 1 aliphatic heterocycles. The summed E-state index contributed by atoms with van der Waals surface area (Å²) in [6.45, 7) is 0. The van der Waals surface area contributed by atoms with Gasteiger partial charge in [0.25, 0.3) is 0 Å². The maximum atomic E-state index is 5.31. The number of hydrogen-bond acceptors (Lipinski definition) is 8. The van der Waals surface area contributed by atoms with Crippen LogP contribution >= 0.6 is 0 Å². The fourth-order valence-corrected chi connectivity index (χ4v) is 2.24. The van der Waals surface area contributed by atoms with Gasteiger partial charge in [-0.3, -0.25) is 0 Å². The van der Waals surface area contributed by atoms with Gasteiger partial charge in [-0.1, -0.05) is 5.16 Å². The number of methoxy groups -OCH3 is 1. The monoisotopic (exact) mass is 298 g/mol. The van der Waals surface area contributed by atoms with Crippen LogP contribution in [0.4, 0.5) is 0 Å². The lowest BCUT2D eigenvalue weighted by Crippen LogP contribution is -2.14. The maximum absolute atomic E-state index is 5.31. The molecule has 110 valence electrons. The van der Waals surface area contributed by atoms with Crippen LogP contribution in [0.5, 0.6) is 17.2 Å². The van der Waals surface area contributed by atoms with E-state index in [2.05, 4.69) is 20.8 Å². The summed E-state index contributed by atoms with van der Waals surface area (Å²) in [5.74, 6) is 1.52. The molecule has 22 heavy (non-hydrogen) atoms. The Morgan fingerprint density at radius 2 is 1.95 bits per heavy atom. The Kier molecular flexibility index (Phi) is 2.87. The SMILES string of the molecule is COc1cc(-c2nocc2-c2cncnc2)cc2c1ONO2. The summed E-state index contributed by atoms with van der Waals surface area (Å²) in [6, 6.07) is 3.57. The third-order valence-corrected chi connectivity index (χ3v) is 3.25. The van der Waals surface area contributed by atoms with Crippen LogP contribution in [-0.4, -0.2) is 22.2 Å². The summed E-state index contributed by atoms with van der Waals surface area (Å²) in [5.41, 5.74) is 5.30. The Hall–Kier alpha value is -3.13. The first-order chi connectivity index (χ1) is 10.9. The van der Waals surface area contributed by atoms with Crippen LogP contribution < -0.4 is 20.1 Å². The molecule has 0 radical (unpaired) electrons. The van der Waals surface area contributed by atoms with Crippen molar-refractivity contribution in [2.75, 3.05) is 7.11 Å². The van der Waals surface area contributed by atoms with E-state index < -0.39 is 0 Å². The molecule has 0 atom stereocenters. The van der Waals surface area contributed by atoms with Crippen molar-refractivity contribution < 1.29 is 18.9 Å². The minimum absolute atomic E-state index is 0.485. The number of aromatic nitrogens is 3. The highest BCUT2D eigenvalue weighted by Gasteiger charge is 2.23. The zero-order valence-corrected chi connectivity index (χ0v) is 11.4. The number of fused-ring (bicyclic) bond motifs is 1. The lowest BCUT2D eigenvalue weighted by atomic mass is 10.0. The molecule has 3 aromatic rings. The minimum atomic E-state index is 0.485. The molecule has 1 aromatic carbocycles. The van der Waals surface area contributed by atoms with Crippen molar-refractivity contribution in [3.05, 3.63) is 37.1 Å². The highest BCUT2D eigenvalue weighted by atomic mass is 16.9. The fourth-order valence-electron chi connectivity index (χ4n) is 2.24. The molecule has 8 heteroatoms. The van der Waals surface area contributed by atoms with E-state index in [1.54, 1.807) is 37.9 Å². The van der Waals surface area contributed by atoms with E-state index in [9.17, 15) is 0 Å². The van der Waals surface area contributed by atoms with Crippen molar-refractivity contribution in [2.45, 2.75) is 0 Å². The standard InChI is InChI=1S/C14H10N4O4/c1-19-11-2-8(3-12-14(11)22-18-21-12)13-10(6-20-17-13)9-4-15-7-16-5-9/h2-7,18H,1H3. The van der Waals surface area contributed by atoms with Gasteiger partial charge in [0, 0.05) is 29.2 Å². The second kappa shape index (κ2) is 5.01. The number of rotatable bonds is 3. The molecule has 8 nitrogen and oxygen atoms in total. The molecule has 4 rings (SSSR count). The average Bonchev–Trinajstić information content (AvgIpc) is 3.23. The normalized spacial score (nSPS) is 12.4. The molecule has 0 unspecified atom stereocenters. The van der Waals surface area contributed by atoms with Gasteiger partial charge in [-0.25, -0.2) is 9.97 Å². The first kappa shape index (κ1) is 12.6. The van der Waals surface area contributed by atoms with E-state index in [0.29, 0.717) is 22.9 Å². The van der Waals surface area contributed by atoms with Crippen LogP contribution in [0.1, 0.15) is 0 Å². The highest BCUT2D eigenvalue weighted by Crippen LogP contribution is 2.44. The molecule has 0 spiro atoms. The van der Waals surface area contributed by atoms with Gasteiger partial charge in [0.15, 0.2) is 5.75 Å². The largest absolute Gasteiger partial charge is 0.493 e. The zero-order chi connectivity index (χ0) is 14.9. The Labute approximate surface area is 124 Å². The van der Waals surface area contributed by atoms with E-state index in [0.717, 1.165) is 16.7 Å². The van der Waals surface area contributed by atoms with Crippen molar-refractivity contribution in [1.82, 2.24) is 20.8 Å². The zero-order valence-electron chi connectivity index (χ0n) is 11.4. The van der Waals surface area contributed by atoms with Crippen LogP contribution in [0.3, 0.4) is 0 Å². The lowest BCUT2D eigenvalue weighted by Gasteiger charge is -2.06. The highest BCUT2D eigenvalue weighted by molar-refractivity contribution is 5.81. The van der Waals surface area contributed by atoms with Gasteiger partial charge in [0.2, 0.25) is 11.5 Å². The van der Waals surface area contributed by atoms with Crippen molar-refractivity contribution in [2.24, 2.45) is 0 Å². The van der Waals surface area contributed by atoms with Gasteiger partial charge < -0.3 is 18.9 Å². The van der Waals surface area contributed by atoms with E-state index >= 15 is 0 Å². The molecule has 0 fully saturated rings. The van der Waals surface area contributed by atoms with E-state index in [1.807, 2.05) is 0 Å². The molecule has 0 saturated heterocycles. The van der Waals surface area contributed by atoms with Crippen LogP contribution in [0.25, 0.3) is 22.4 Å². The van der Waals surface area contributed by atoms with Crippen LogP contribution in [-0.2, 0) is 0 Å². The fraction of sp³-hybridized carbons (Fsp3) is 0.0714. The van der Waals surface area contributed by atoms with Crippen molar-refractivity contribution >= 4 is 0 Å². The third-order valence-electron chi connectivity index (χ3n) is 3.25. The summed E-state index contributed by atoms with van der Waals surface area (Å²) in [5, 5.41) is 4.06. The van der Waals surface area contributed by atoms with E-state index in [4.69, 9.17) is 18.9 Å². The Bertz CT molecular complexity index is 819. The topological polar surface area (TPSA) is 91.5 Å². The predicted molar refractivity (Wildman–Crippen MR) is 73.9 cm³/mol. The molecule has 2 aromatic heterocycles. The van der Waals surface area contributed by atoms with Crippen molar-refractivity contribution in [3.8, 4) is 39.6 Å². The predicted octanol–water partition coefficient (Wildman–Crippen LogP) is 2.00. The number of ether oxygens (including phenoxy) is 1. The molecule has 0 saturated carbocycles. The summed E-state index contributed by atoms with van der Waals surface area (Å²) in [7, 11) is 1.55. The van der Waals surface area contributed by atoms with Gasteiger partial charge in [-0.15, -0.1) is 0 Å². The van der Waals surface area contributed by atoms with Gasteiger partial charge in [-0.2, -0.15) is 0 Å². The second-order valence-electron chi connectivity index (χ2n) is 4.50. The van der Waals surface area contributed by atoms with Gasteiger partial charge >= 0.3 is 0 Å². The molecular formula is C14H10N4O4. The summed E-state index contributed by atoms with van der Waals surface area (Å²) >= 11 is 0. The van der Waals surface area contributed by atoms with Gasteiger partial charge in [-0.05, 0) is 12.1 Å². The Balaban J connectivity index is 1.86. The first-order valence-electron chi connectivity index (χ1n) is 6.37. The molecule has 0 amide bonds. The summed E-state index contributed by atoms with van der Waals surface area (Å²) in [4.78, 5) is 18.4. The lowest BCUT2D eigenvalue weighted by molar-refractivity contribution is 0.0248. The van der Waals surface area contributed by atoms with Crippen LogP contribution in [0.15, 0.2) is 41.6 Å². The van der Waals surface area contributed by atoms with Crippen molar-refractivity contribution in [3.63, 3.8) is 0 Å². The number of benzene rings is 1. The summed E-state index contributed by atoms with van der Waals surface area (Å²) < 4.78 is 10.4. The number of nitrogens with one attached hydrogen (secondary N) is 1. The Morgan fingerprint density at radius 1 is 1.09 bits per heavy atom.